The molecule has 1 aromatic heterocycles. The van der Waals surface area contributed by atoms with Gasteiger partial charge in [-0.3, -0.25) is 14.9 Å². The lowest BCUT2D eigenvalue weighted by Crippen LogP contribution is -2.41. The average Bonchev–Trinajstić information content (AvgIpc) is 3.21. The van der Waals surface area contributed by atoms with Gasteiger partial charge in [0.1, 0.15) is 5.82 Å². The Bertz CT molecular complexity index is 728. The first-order valence-electron chi connectivity index (χ1n) is 8.20. The van der Waals surface area contributed by atoms with Gasteiger partial charge in [-0.05, 0) is 42.7 Å². The summed E-state index contributed by atoms with van der Waals surface area (Å²) < 4.78 is 0. The minimum atomic E-state index is -0.568. The second-order valence-corrected chi connectivity index (χ2v) is 5.89. The number of pyridine rings is 1. The number of hydrogen-bond donors (Lipinski definition) is 2. The predicted octanol–water partition coefficient (Wildman–Crippen LogP) is 2.42. The standard InChI is InChI=1S/C18H20N4O3/c23-17(20-25)15-8-6-14(7-9-15)13-22(16-5-1-2-10-19-16)18(24)21-11-3-4-12-21/h1-2,5-10,25H,3-4,11-13H2,(H,20,23). The summed E-state index contributed by atoms with van der Waals surface area (Å²) in [5, 5.41) is 8.68. The third kappa shape index (κ3) is 3.95. The highest BCUT2D eigenvalue weighted by atomic mass is 16.5. The van der Waals surface area contributed by atoms with E-state index < -0.39 is 5.91 Å². The van der Waals surface area contributed by atoms with Gasteiger partial charge in [-0.2, -0.15) is 0 Å². The van der Waals surface area contributed by atoms with Gasteiger partial charge in [-0.1, -0.05) is 18.2 Å². The van der Waals surface area contributed by atoms with E-state index >= 15 is 0 Å². The van der Waals surface area contributed by atoms with E-state index in [2.05, 4.69) is 4.98 Å². The van der Waals surface area contributed by atoms with Crippen molar-refractivity contribution in [2.45, 2.75) is 19.4 Å². The SMILES string of the molecule is O=C(NO)c1ccc(CN(C(=O)N2CCCC2)c2ccccn2)cc1. The third-order valence-corrected chi connectivity index (χ3v) is 4.19. The molecule has 25 heavy (non-hydrogen) atoms. The number of amides is 3. The molecule has 2 N–H and O–H groups in total. The normalized spacial score (nSPS) is 13.6. The van der Waals surface area contributed by atoms with Crippen molar-refractivity contribution < 1.29 is 14.8 Å². The zero-order valence-corrected chi connectivity index (χ0v) is 13.8. The number of hydroxylamine groups is 1. The maximum absolute atomic E-state index is 12.9. The van der Waals surface area contributed by atoms with Crippen molar-refractivity contribution in [3.8, 4) is 0 Å². The summed E-state index contributed by atoms with van der Waals surface area (Å²) in [5.41, 5.74) is 2.82. The Morgan fingerprint density at radius 2 is 1.84 bits per heavy atom. The van der Waals surface area contributed by atoms with E-state index in [1.165, 1.54) is 0 Å². The number of carbonyl (C=O) groups is 2. The first kappa shape index (κ1) is 16.9. The number of rotatable bonds is 4. The van der Waals surface area contributed by atoms with Crippen molar-refractivity contribution in [3.05, 3.63) is 59.8 Å². The van der Waals surface area contributed by atoms with Crippen LogP contribution >= 0.6 is 0 Å². The Labute approximate surface area is 145 Å². The third-order valence-electron chi connectivity index (χ3n) is 4.19. The van der Waals surface area contributed by atoms with Crippen LogP contribution in [-0.2, 0) is 6.54 Å². The lowest BCUT2D eigenvalue weighted by molar-refractivity contribution is 0.0706. The molecule has 1 fully saturated rings. The molecule has 0 spiro atoms. The van der Waals surface area contributed by atoms with E-state index in [1.807, 2.05) is 23.1 Å². The molecule has 1 aromatic carbocycles. The molecule has 0 saturated carbocycles. The summed E-state index contributed by atoms with van der Waals surface area (Å²) >= 11 is 0. The summed E-state index contributed by atoms with van der Waals surface area (Å²) in [5.74, 6) is 0.0258. The number of likely N-dealkylation sites (tertiary alicyclic amines) is 1. The van der Waals surface area contributed by atoms with Gasteiger partial charge in [0.2, 0.25) is 0 Å². The quantitative estimate of drug-likeness (QED) is 0.661. The van der Waals surface area contributed by atoms with Crippen LogP contribution < -0.4 is 10.4 Å². The molecule has 0 atom stereocenters. The van der Waals surface area contributed by atoms with Crippen molar-refractivity contribution in [1.29, 1.82) is 0 Å². The summed E-state index contributed by atoms with van der Waals surface area (Å²) in [6, 6.07) is 12.1. The molecule has 2 aromatic rings. The molecule has 3 rings (SSSR count). The van der Waals surface area contributed by atoms with Gasteiger partial charge in [0.25, 0.3) is 5.91 Å². The number of carbonyl (C=O) groups excluding carboxylic acids is 2. The molecule has 0 unspecified atom stereocenters. The summed E-state index contributed by atoms with van der Waals surface area (Å²) in [7, 11) is 0. The fourth-order valence-electron chi connectivity index (χ4n) is 2.85. The largest absolute Gasteiger partial charge is 0.325 e. The monoisotopic (exact) mass is 340 g/mol. The van der Waals surface area contributed by atoms with Gasteiger partial charge >= 0.3 is 6.03 Å². The second-order valence-electron chi connectivity index (χ2n) is 5.89. The van der Waals surface area contributed by atoms with Gasteiger partial charge in [-0.15, -0.1) is 0 Å². The first-order chi connectivity index (χ1) is 12.2. The number of nitrogens with one attached hydrogen (secondary N) is 1. The van der Waals surface area contributed by atoms with E-state index in [0.717, 1.165) is 31.5 Å². The van der Waals surface area contributed by atoms with Crippen molar-refractivity contribution >= 4 is 17.8 Å². The van der Waals surface area contributed by atoms with E-state index in [4.69, 9.17) is 5.21 Å². The average molecular weight is 340 g/mol. The lowest BCUT2D eigenvalue weighted by Gasteiger charge is -2.27. The molecule has 0 aliphatic carbocycles. The van der Waals surface area contributed by atoms with E-state index in [1.54, 1.807) is 40.8 Å². The van der Waals surface area contributed by atoms with Crippen molar-refractivity contribution in [2.24, 2.45) is 0 Å². The minimum Gasteiger partial charge on any atom is -0.324 e. The highest BCUT2D eigenvalue weighted by Crippen LogP contribution is 2.19. The number of hydrogen-bond acceptors (Lipinski definition) is 4. The topological polar surface area (TPSA) is 85.8 Å². The summed E-state index contributed by atoms with van der Waals surface area (Å²) in [6.45, 7) is 1.88. The van der Waals surface area contributed by atoms with E-state index in [9.17, 15) is 9.59 Å². The maximum Gasteiger partial charge on any atom is 0.325 e. The van der Waals surface area contributed by atoms with Crippen molar-refractivity contribution in [3.63, 3.8) is 0 Å². The molecule has 0 radical (unpaired) electrons. The minimum absolute atomic E-state index is 0.0617. The number of urea groups is 1. The van der Waals surface area contributed by atoms with E-state index in [-0.39, 0.29) is 6.03 Å². The number of anilines is 1. The summed E-state index contributed by atoms with van der Waals surface area (Å²) in [4.78, 5) is 32.1. The van der Waals surface area contributed by atoms with Gasteiger partial charge in [-0.25, -0.2) is 15.3 Å². The predicted molar refractivity (Wildman–Crippen MR) is 92.3 cm³/mol. The smallest absolute Gasteiger partial charge is 0.324 e. The zero-order chi connectivity index (χ0) is 17.6. The van der Waals surface area contributed by atoms with Crippen LogP contribution in [0, 0.1) is 0 Å². The molecule has 2 heterocycles. The maximum atomic E-state index is 12.9. The van der Waals surface area contributed by atoms with Crippen LogP contribution in [0.2, 0.25) is 0 Å². The van der Waals surface area contributed by atoms with Crippen LogP contribution in [-0.4, -0.2) is 40.1 Å². The molecule has 1 saturated heterocycles. The first-order valence-corrected chi connectivity index (χ1v) is 8.20. The number of benzene rings is 1. The number of nitrogens with zero attached hydrogens (tertiary/aromatic N) is 3. The molecule has 1 aliphatic rings. The summed E-state index contributed by atoms with van der Waals surface area (Å²) in [6.07, 6.45) is 3.70. The van der Waals surface area contributed by atoms with Gasteiger partial charge < -0.3 is 4.90 Å². The van der Waals surface area contributed by atoms with Crippen LogP contribution in [0.4, 0.5) is 10.6 Å². The van der Waals surface area contributed by atoms with Gasteiger partial charge in [0.15, 0.2) is 0 Å². The lowest BCUT2D eigenvalue weighted by atomic mass is 10.1. The Kier molecular flexibility index (Phi) is 5.25. The van der Waals surface area contributed by atoms with Crippen molar-refractivity contribution in [1.82, 2.24) is 15.4 Å². The molecule has 0 bridgehead atoms. The molecule has 1 aliphatic heterocycles. The van der Waals surface area contributed by atoms with Crippen LogP contribution in [0.1, 0.15) is 28.8 Å². The van der Waals surface area contributed by atoms with Crippen LogP contribution in [0.5, 0.6) is 0 Å². The zero-order valence-electron chi connectivity index (χ0n) is 13.8. The Balaban J connectivity index is 1.82. The molecule has 3 amide bonds. The molecular weight excluding hydrogens is 320 g/mol. The molecule has 7 heteroatoms. The van der Waals surface area contributed by atoms with Crippen LogP contribution in [0.15, 0.2) is 48.7 Å². The highest BCUT2D eigenvalue weighted by molar-refractivity contribution is 5.93. The van der Waals surface area contributed by atoms with Crippen LogP contribution in [0.25, 0.3) is 0 Å². The second kappa shape index (κ2) is 7.76. The molecule has 130 valence electrons. The fourth-order valence-corrected chi connectivity index (χ4v) is 2.85. The Hall–Kier alpha value is -2.93. The van der Waals surface area contributed by atoms with Crippen LogP contribution in [0.3, 0.4) is 0 Å². The van der Waals surface area contributed by atoms with Gasteiger partial charge in [0.05, 0.1) is 6.54 Å². The highest BCUT2D eigenvalue weighted by Gasteiger charge is 2.25. The fraction of sp³-hybridized carbons (Fsp3) is 0.278. The Morgan fingerprint density at radius 3 is 2.44 bits per heavy atom. The van der Waals surface area contributed by atoms with Crippen molar-refractivity contribution in [2.75, 3.05) is 18.0 Å². The number of aromatic nitrogens is 1. The molecular formula is C18H20N4O3. The Morgan fingerprint density at radius 1 is 1.12 bits per heavy atom. The van der Waals surface area contributed by atoms with Gasteiger partial charge in [0, 0.05) is 24.8 Å². The molecule has 7 nitrogen and oxygen atoms in total. The van der Waals surface area contributed by atoms with E-state index in [0.29, 0.717) is 17.9 Å².